The molecule has 0 bridgehead atoms. The summed E-state index contributed by atoms with van der Waals surface area (Å²) < 4.78 is 13.2. The Bertz CT molecular complexity index is 564. The zero-order valence-corrected chi connectivity index (χ0v) is 11.8. The second-order valence-corrected chi connectivity index (χ2v) is 4.82. The van der Waals surface area contributed by atoms with Crippen molar-refractivity contribution in [3.63, 3.8) is 0 Å². The highest BCUT2D eigenvalue weighted by molar-refractivity contribution is 5.42. The molecule has 0 aliphatic carbocycles. The van der Waals surface area contributed by atoms with Gasteiger partial charge in [-0.25, -0.2) is 9.37 Å². The minimum atomic E-state index is -0.234. The third kappa shape index (κ3) is 3.54. The van der Waals surface area contributed by atoms with Crippen molar-refractivity contribution < 1.29 is 9.50 Å². The average Bonchev–Trinajstić information content (AvgIpc) is 2.46. The highest BCUT2D eigenvalue weighted by atomic mass is 19.1. The van der Waals surface area contributed by atoms with Gasteiger partial charge in [-0.2, -0.15) is 0 Å². The van der Waals surface area contributed by atoms with Crippen LogP contribution in [-0.4, -0.2) is 17.1 Å². The van der Waals surface area contributed by atoms with E-state index in [1.165, 1.54) is 12.1 Å². The zero-order valence-electron chi connectivity index (χ0n) is 11.8. The van der Waals surface area contributed by atoms with Crippen LogP contribution in [0.3, 0.4) is 0 Å². The Balaban J connectivity index is 2.22. The summed E-state index contributed by atoms with van der Waals surface area (Å²) in [6, 6.07) is 10.3. The maximum atomic E-state index is 13.2. The first kappa shape index (κ1) is 14.5. The molecule has 2 rings (SSSR count). The van der Waals surface area contributed by atoms with Crippen LogP contribution in [0.5, 0.6) is 0 Å². The smallest absolute Gasteiger partial charge is 0.129 e. The summed E-state index contributed by atoms with van der Waals surface area (Å²) in [6.45, 7) is 2.60. The molecule has 0 atom stereocenters. The molecule has 3 nitrogen and oxygen atoms in total. The van der Waals surface area contributed by atoms with Crippen LogP contribution >= 0.6 is 0 Å². The molecule has 1 N–H and O–H groups in total. The Labute approximate surface area is 118 Å². The van der Waals surface area contributed by atoms with E-state index in [4.69, 9.17) is 0 Å². The van der Waals surface area contributed by atoms with Crippen LogP contribution in [0.4, 0.5) is 10.2 Å². The molecule has 0 unspecified atom stereocenters. The molecule has 1 heterocycles. The number of anilines is 1. The lowest BCUT2D eigenvalue weighted by Crippen LogP contribution is -2.18. The monoisotopic (exact) mass is 274 g/mol. The van der Waals surface area contributed by atoms with Gasteiger partial charge in [0.05, 0.1) is 6.61 Å². The number of aliphatic hydroxyl groups is 1. The van der Waals surface area contributed by atoms with Gasteiger partial charge in [0.25, 0.3) is 0 Å². The number of aliphatic hydroxyl groups excluding tert-OH is 1. The summed E-state index contributed by atoms with van der Waals surface area (Å²) in [4.78, 5) is 6.49. The van der Waals surface area contributed by atoms with Gasteiger partial charge >= 0.3 is 0 Å². The fourth-order valence-electron chi connectivity index (χ4n) is 2.09. The fraction of sp³-hybridized carbons (Fsp3) is 0.312. The van der Waals surface area contributed by atoms with Gasteiger partial charge in [-0.05, 0) is 41.8 Å². The Hall–Kier alpha value is -1.94. The quantitative estimate of drug-likeness (QED) is 0.910. The van der Waals surface area contributed by atoms with Crippen LogP contribution in [0.2, 0.25) is 0 Å². The largest absolute Gasteiger partial charge is 0.392 e. The first-order chi connectivity index (χ1) is 9.62. The van der Waals surface area contributed by atoms with Crippen molar-refractivity contribution in [2.24, 2.45) is 0 Å². The molecule has 2 aromatic rings. The Morgan fingerprint density at radius 3 is 2.65 bits per heavy atom. The number of rotatable bonds is 5. The lowest BCUT2D eigenvalue weighted by molar-refractivity contribution is 0.281. The van der Waals surface area contributed by atoms with Crippen molar-refractivity contribution in [1.29, 1.82) is 0 Å². The van der Waals surface area contributed by atoms with Crippen LogP contribution in [-0.2, 0) is 19.6 Å². The van der Waals surface area contributed by atoms with E-state index < -0.39 is 0 Å². The summed E-state index contributed by atoms with van der Waals surface area (Å²) in [6.07, 6.45) is 0.814. The van der Waals surface area contributed by atoms with Crippen molar-refractivity contribution in [3.8, 4) is 0 Å². The highest BCUT2D eigenvalue weighted by Gasteiger charge is 2.07. The minimum absolute atomic E-state index is 0.00365. The molecule has 0 spiro atoms. The number of benzene rings is 1. The average molecular weight is 274 g/mol. The topological polar surface area (TPSA) is 36.4 Å². The molecular weight excluding hydrogens is 255 g/mol. The van der Waals surface area contributed by atoms with Crippen LogP contribution in [0, 0.1) is 5.82 Å². The molecule has 0 aliphatic heterocycles. The molecule has 0 saturated heterocycles. The van der Waals surface area contributed by atoms with Crippen molar-refractivity contribution in [1.82, 2.24) is 4.98 Å². The zero-order chi connectivity index (χ0) is 14.5. The number of hydrogen-bond acceptors (Lipinski definition) is 3. The molecule has 0 amide bonds. The summed E-state index contributed by atoms with van der Waals surface area (Å²) in [5, 5.41) is 9.29. The van der Waals surface area contributed by atoms with Gasteiger partial charge in [-0.1, -0.05) is 19.1 Å². The molecular formula is C16H19FN2O. The predicted octanol–water partition coefficient (Wildman–Crippen LogP) is 2.91. The summed E-state index contributed by atoms with van der Waals surface area (Å²) in [5.41, 5.74) is 2.68. The van der Waals surface area contributed by atoms with Gasteiger partial charge in [0, 0.05) is 19.3 Å². The maximum Gasteiger partial charge on any atom is 0.129 e. The van der Waals surface area contributed by atoms with E-state index in [1.54, 1.807) is 6.07 Å². The fourth-order valence-corrected chi connectivity index (χ4v) is 2.09. The molecule has 4 heteroatoms. The second-order valence-electron chi connectivity index (χ2n) is 4.82. The van der Waals surface area contributed by atoms with Crippen LogP contribution in [0.1, 0.15) is 23.7 Å². The maximum absolute atomic E-state index is 13.2. The number of pyridine rings is 1. The van der Waals surface area contributed by atoms with E-state index in [0.29, 0.717) is 6.54 Å². The van der Waals surface area contributed by atoms with Crippen LogP contribution in [0.25, 0.3) is 0 Å². The third-order valence-corrected chi connectivity index (χ3v) is 3.17. The molecule has 0 aliphatic rings. The lowest BCUT2D eigenvalue weighted by Gasteiger charge is -2.20. The third-order valence-electron chi connectivity index (χ3n) is 3.17. The Morgan fingerprint density at radius 1 is 1.20 bits per heavy atom. The van der Waals surface area contributed by atoms with E-state index in [0.717, 1.165) is 29.1 Å². The number of aryl methyl sites for hydroxylation is 1. The molecule has 0 radical (unpaired) electrons. The van der Waals surface area contributed by atoms with E-state index >= 15 is 0 Å². The van der Waals surface area contributed by atoms with E-state index in [2.05, 4.69) is 4.98 Å². The molecule has 20 heavy (non-hydrogen) atoms. The van der Waals surface area contributed by atoms with Crippen molar-refractivity contribution in [2.45, 2.75) is 26.5 Å². The standard InChI is InChI=1S/C16H19FN2O/c1-3-15-8-13(11-20)9-16(18-15)19(2)10-12-5-4-6-14(17)7-12/h4-9,20H,3,10-11H2,1-2H3. The lowest BCUT2D eigenvalue weighted by atomic mass is 10.2. The van der Waals surface area contributed by atoms with Crippen molar-refractivity contribution in [3.05, 3.63) is 59.0 Å². The SMILES string of the molecule is CCc1cc(CO)cc(N(C)Cc2cccc(F)c2)n1. The summed E-state index contributed by atoms with van der Waals surface area (Å²) >= 11 is 0. The first-order valence-corrected chi connectivity index (χ1v) is 6.68. The summed E-state index contributed by atoms with van der Waals surface area (Å²) in [5.74, 6) is 0.555. The highest BCUT2D eigenvalue weighted by Crippen LogP contribution is 2.17. The number of aromatic nitrogens is 1. The van der Waals surface area contributed by atoms with Gasteiger partial charge in [0.1, 0.15) is 11.6 Å². The van der Waals surface area contributed by atoms with Crippen molar-refractivity contribution >= 4 is 5.82 Å². The second kappa shape index (κ2) is 6.48. The van der Waals surface area contributed by atoms with E-state index in [-0.39, 0.29) is 12.4 Å². The molecule has 1 aromatic heterocycles. The van der Waals surface area contributed by atoms with Gasteiger partial charge in [-0.15, -0.1) is 0 Å². The van der Waals surface area contributed by atoms with E-state index in [1.807, 2.05) is 37.1 Å². The normalized spacial score (nSPS) is 10.6. The number of hydrogen-bond donors (Lipinski definition) is 1. The number of nitrogens with zero attached hydrogens (tertiary/aromatic N) is 2. The van der Waals surface area contributed by atoms with Gasteiger partial charge in [0.15, 0.2) is 0 Å². The molecule has 0 fully saturated rings. The molecule has 1 aromatic carbocycles. The molecule has 0 saturated carbocycles. The Morgan fingerprint density at radius 2 is 2.00 bits per heavy atom. The van der Waals surface area contributed by atoms with Crippen LogP contribution < -0.4 is 4.90 Å². The van der Waals surface area contributed by atoms with Gasteiger partial charge in [-0.3, -0.25) is 0 Å². The molecule has 106 valence electrons. The van der Waals surface area contributed by atoms with Gasteiger partial charge in [0.2, 0.25) is 0 Å². The van der Waals surface area contributed by atoms with Crippen LogP contribution in [0.15, 0.2) is 36.4 Å². The predicted molar refractivity (Wildman–Crippen MR) is 78.0 cm³/mol. The van der Waals surface area contributed by atoms with E-state index in [9.17, 15) is 9.50 Å². The minimum Gasteiger partial charge on any atom is -0.392 e. The Kier molecular flexibility index (Phi) is 4.69. The number of halogens is 1. The van der Waals surface area contributed by atoms with Gasteiger partial charge < -0.3 is 10.0 Å². The summed E-state index contributed by atoms with van der Waals surface area (Å²) in [7, 11) is 1.91. The van der Waals surface area contributed by atoms with Crippen molar-refractivity contribution in [2.75, 3.05) is 11.9 Å². The first-order valence-electron chi connectivity index (χ1n) is 6.68.